The van der Waals surface area contributed by atoms with Crippen LogP contribution in [0.1, 0.15) is 37.7 Å². The smallest absolute Gasteiger partial charge is 0.389 e. The van der Waals surface area contributed by atoms with Crippen molar-refractivity contribution < 1.29 is 9.53 Å². The van der Waals surface area contributed by atoms with Crippen LogP contribution in [-0.4, -0.2) is 51.6 Å². The molecule has 2 saturated carbocycles. The van der Waals surface area contributed by atoms with Gasteiger partial charge in [-0.05, 0) is 54.2 Å². The number of halogens is 1. The average molecular weight is 457 g/mol. The minimum Gasteiger partial charge on any atom is -0.389 e. The molecule has 1 amide bonds. The third-order valence-corrected chi connectivity index (χ3v) is 7.78. The highest BCUT2D eigenvalue weighted by atomic mass is 35.5. The van der Waals surface area contributed by atoms with Crippen molar-refractivity contribution in [3.63, 3.8) is 0 Å². The molecule has 2 aliphatic carbocycles. The fourth-order valence-electron chi connectivity index (χ4n) is 5.74. The standard InChI is InChI=1S/C25H33ClN4O2/c1-28-16-24(27-17-28)32-25(31)30(12-18-5-3-2-4-6-18)15-23-21-13-29(14-22(21)23)11-19-7-9-20(26)10-8-19/h7-10,16-18,21-23H,2-6,11-15H2,1H3. The van der Waals surface area contributed by atoms with Crippen molar-refractivity contribution in [1.29, 1.82) is 0 Å². The lowest BCUT2D eigenvalue weighted by molar-refractivity contribution is 0.129. The molecule has 0 radical (unpaired) electrons. The number of hydrogen-bond donors (Lipinski definition) is 0. The first-order chi connectivity index (χ1) is 15.5. The summed E-state index contributed by atoms with van der Waals surface area (Å²) in [5.41, 5.74) is 1.31. The lowest BCUT2D eigenvalue weighted by atomic mass is 9.89. The Balaban J connectivity index is 1.17. The van der Waals surface area contributed by atoms with Gasteiger partial charge in [-0.3, -0.25) is 4.90 Å². The summed E-state index contributed by atoms with van der Waals surface area (Å²) in [5, 5.41) is 0.786. The van der Waals surface area contributed by atoms with Crippen LogP contribution in [0.3, 0.4) is 0 Å². The Kier molecular flexibility index (Phi) is 6.42. The summed E-state index contributed by atoms with van der Waals surface area (Å²) in [4.78, 5) is 21.7. The molecule has 1 aromatic heterocycles. The van der Waals surface area contributed by atoms with Gasteiger partial charge in [0.2, 0.25) is 5.88 Å². The number of carbonyl (C=O) groups is 1. The van der Waals surface area contributed by atoms with Gasteiger partial charge in [-0.1, -0.05) is 43.0 Å². The molecule has 0 spiro atoms. The zero-order chi connectivity index (χ0) is 22.1. The van der Waals surface area contributed by atoms with Crippen molar-refractivity contribution in [3.05, 3.63) is 47.4 Å². The van der Waals surface area contributed by atoms with Gasteiger partial charge in [-0.25, -0.2) is 9.78 Å². The predicted molar refractivity (Wildman–Crippen MR) is 125 cm³/mol. The fraction of sp³-hybridized carbons (Fsp3) is 0.600. The highest BCUT2D eigenvalue weighted by molar-refractivity contribution is 6.30. The van der Waals surface area contributed by atoms with E-state index in [9.17, 15) is 4.79 Å². The number of aromatic nitrogens is 2. The third kappa shape index (κ3) is 5.12. The predicted octanol–water partition coefficient (Wildman–Crippen LogP) is 4.83. The highest BCUT2D eigenvalue weighted by Crippen LogP contribution is 2.52. The van der Waals surface area contributed by atoms with Crippen molar-refractivity contribution in [1.82, 2.24) is 19.4 Å². The van der Waals surface area contributed by atoms with E-state index in [1.165, 1.54) is 37.7 Å². The molecule has 0 N–H and O–H groups in total. The maximum absolute atomic E-state index is 13.0. The molecule has 1 saturated heterocycles. The first kappa shape index (κ1) is 21.8. The Morgan fingerprint density at radius 2 is 1.84 bits per heavy atom. The number of likely N-dealkylation sites (tertiary alicyclic amines) is 1. The number of aryl methyl sites for hydroxylation is 1. The molecule has 172 valence electrons. The SMILES string of the molecule is Cn1cnc(OC(=O)N(CC2CCCCC2)CC2C3CN(Cc4ccc(Cl)cc4)CC32)c1. The number of amides is 1. The molecule has 2 atom stereocenters. The molecule has 3 aliphatic rings. The maximum atomic E-state index is 13.0. The van der Waals surface area contributed by atoms with E-state index in [0.29, 0.717) is 29.6 Å². The van der Waals surface area contributed by atoms with E-state index in [2.05, 4.69) is 22.0 Å². The average Bonchev–Trinajstić information content (AvgIpc) is 3.09. The Morgan fingerprint density at radius 3 is 2.50 bits per heavy atom. The summed E-state index contributed by atoms with van der Waals surface area (Å²) in [5.74, 6) is 2.96. The van der Waals surface area contributed by atoms with Crippen LogP contribution in [0.2, 0.25) is 5.02 Å². The topological polar surface area (TPSA) is 50.6 Å². The van der Waals surface area contributed by atoms with E-state index < -0.39 is 0 Å². The van der Waals surface area contributed by atoms with Crippen LogP contribution in [0.4, 0.5) is 4.79 Å². The zero-order valence-electron chi connectivity index (χ0n) is 18.8. The maximum Gasteiger partial charge on any atom is 0.416 e. The van der Waals surface area contributed by atoms with Gasteiger partial charge in [0.05, 0.1) is 12.5 Å². The summed E-state index contributed by atoms with van der Waals surface area (Å²) in [6.07, 6.45) is 9.50. The first-order valence-electron chi connectivity index (χ1n) is 12.0. The summed E-state index contributed by atoms with van der Waals surface area (Å²) < 4.78 is 7.43. The quantitative estimate of drug-likeness (QED) is 0.598. The fourth-order valence-corrected chi connectivity index (χ4v) is 5.87. The van der Waals surface area contributed by atoms with Crippen LogP contribution >= 0.6 is 11.6 Å². The zero-order valence-corrected chi connectivity index (χ0v) is 19.6. The van der Waals surface area contributed by atoms with Crippen molar-refractivity contribution >= 4 is 17.7 Å². The lowest BCUT2D eigenvalue weighted by Gasteiger charge is -2.30. The minimum atomic E-state index is -0.239. The molecule has 7 heteroatoms. The molecule has 32 heavy (non-hydrogen) atoms. The van der Waals surface area contributed by atoms with E-state index in [0.717, 1.165) is 37.7 Å². The molecule has 3 fully saturated rings. The molecular formula is C25H33ClN4O2. The van der Waals surface area contributed by atoms with Gasteiger partial charge in [-0.2, -0.15) is 0 Å². The van der Waals surface area contributed by atoms with Crippen LogP contribution in [0, 0.1) is 23.7 Å². The Bertz CT molecular complexity index is 912. The van der Waals surface area contributed by atoms with Gasteiger partial charge < -0.3 is 14.2 Å². The van der Waals surface area contributed by atoms with E-state index in [4.69, 9.17) is 16.3 Å². The number of piperidine rings is 1. The molecular weight excluding hydrogens is 424 g/mol. The van der Waals surface area contributed by atoms with Gasteiger partial charge in [-0.15, -0.1) is 0 Å². The van der Waals surface area contributed by atoms with Crippen LogP contribution < -0.4 is 4.74 Å². The Hall–Kier alpha value is -2.05. The van der Waals surface area contributed by atoms with E-state index in [-0.39, 0.29) is 6.09 Å². The molecule has 2 heterocycles. The summed E-state index contributed by atoms with van der Waals surface area (Å²) >= 11 is 6.01. The molecule has 1 aliphatic heterocycles. The van der Waals surface area contributed by atoms with Crippen LogP contribution in [-0.2, 0) is 13.6 Å². The van der Waals surface area contributed by atoms with Crippen LogP contribution in [0.15, 0.2) is 36.8 Å². The summed E-state index contributed by atoms with van der Waals surface area (Å²) in [6.45, 7) is 4.84. The van der Waals surface area contributed by atoms with Gasteiger partial charge in [0.25, 0.3) is 0 Å². The second-order valence-electron chi connectivity index (χ2n) is 9.97. The third-order valence-electron chi connectivity index (χ3n) is 7.53. The van der Waals surface area contributed by atoms with Gasteiger partial charge >= 0.3 is 6.09 Å². The second-order valence-corrected chi connectivity index (χ2v) is 10.4. The lowest BCUT2D eigenvalue weighted by Crippen LogP contribution is -2.40. The van der Waals surface area contributed by atoms with E-state index in [1.807, 2.05) is 24.1 Å². The van der Waals surface area contributed by atoms with Gasteiger partial charge in [0, 0.05) is 44.8 Å². The van der Waals surface area contributed by atoms with Crippen LogP contribution in [0.5, 0.6) is 5.88 Å². The van der Waals surface area contributed by atoms with Crippen molar-refractivity contribution in [3.8, 4) is 5.88 Å². The van der Waals surface area contributed by atoms with E-state index >= 15 is 0 Å². The molecule has 5 rings (SSSR count). The highest BCUT2D eigenvalue weighted by Gasteiger charge is 2.56. The number of nitrogens with zero attached hydrogens (tertiary/aromatic N) is 4. The minimum absolute atomic E-state index is 0.239. The summed E-state index contributed by atoms with van der Waals surface area (Å²) in [7, 11) is 1.88. The number of fused-ring (bicyclic) bond motifs is 1. The number of carbonyl (C=O) groups excluding carboxylic acids is 1. The number of ether oxygens (including phenoxy) is 1. The van der Waals surface area contributed by atoms with E-state index in [1.54, 1.807) is 17.1 Å². The number of rotatable bonds is 7. The number of hydrogen-bond acceptors (Lipinski definition) is 4. The normalized spacial score (nSPS) is 25.5. The Labute approximate surface area is 195 Å². The van der Waals surface area contributed by atoms with Crippen molar-refractivity contribution in [2.24, 2.45) is 30.7 Å². The monoisotopic (exact) mass is 456 g/mol. The molecule has 1 aromatic carbocycles. The molecule has 2 unspecified atom stereocenters. The molecule has 6 nitrogen and oxygen atoms in total. The van der Waals surface area contributed by atoms with Crippen LogP contribution in [0.25, 0.3) is 0 Å². The van der Waals surface area contributed by atoms with Gasteiger partial charge in [0.15, 0.2) is 0 Å². The first-order valence-corrected chi connectivity index (χ1v) is 12.3. The summed E-state index contributed by atoms with van der Waals surface area (Å²) in [6, 6.07) is 8.16. The van der Waals surface area contributed by atoms with Crippen molar-refractivity contribution in [2.75, 3.05) is 26.2 Å². The molecule has 0 bridgehead atoms. The molecule has 2 aromatic rings. The number of benzene rings is 1. The largest absolute Gasteiger partial charge is 0.416 e. The number of imidazole rings is 1. The van der Waals surface area contributed by atoms with Crippen molar-refractivity contribution in [2.45, 2.75) is 38.6 Å². The Morgan fingerprint density at radius 1 is 1.12 bits per heavy atom. The second kappa shape index (κ2) is 9.44. The van der Waals surface area contributed by atoms with Gasteiger partial charge in [0.1, 0.15) is 0 Å².